The molecule has 0 aliphatic carbocycles. The van der Waals surface area contributed by atoms with Crippen molar-refractivity contribution < 1.29 is 38.5 Å². The van der Waals surface area contributed by atoms with Gasteiger partial charge in [0.15, 0.2) is 0 Å². The lowest BCUT2D eigenvalue weighted by atomic mass is 9.99. The maximum Gasteiger partial charge on any atom is 0.341 e. The molecule has 1 aromatic heterocycles. The minimum atomic E-state index is -2.15. The van der Waals surface area contributed by atoms with Gasteiger partial charge < -0.3 is 33.5 Å². The van der Waals surface area contributed by atoms with Gasteiger partial charge in [0.1, 0.15) is 40.5 Å². The lowest BCUT2D eigenvalue weighted by Crippen LogP contribution is -2.44. The van der Waals surface area contributed by atoms with Crippen LogP contribution in [-0.2, 0) is 40.1 Å². The Balaban J connectivity index is 0.000000278. The van der Waals surface area contributed by atoms with Crippen molar-refractivity contribution >= 4 is 49.7 Å². The lowest BCUT2D eigenvalue weighted by Gasteiger charge is -2.37. The van der Waals surface area contributed by atoms with Crippen molar-refractivity contribution in [3.8, 4) is 17.2 Å². The third-order valence-corrected chi connectivity index (χ3v) is 14.2. The zero-order valence-electron chi connectivity index (χ0n) is 30.3. The number of aromatic hydroxyl groups is 2. The number of esters is 2. The van der Waals surface area contributed by atoms with Crippen molar-refractivity contribution in [3.63, 3.8) is 0 Å². The van der Waals surface area contributed by atoms with Gasteiger partial charge in [-0.15, -0.1) is 0 Å². The molecule has 0 aliphatic rings. The first-order chi connectivity index (χ1) is 24.0. The van der Waals surface area contributed by atoms with Gasteiger partial charge in [-0.3, -0.25) is 0 Å². The number of carbonyl (C=O) groups is 3. The number of aryl methyl sites for hydroxylation is 2. The molecular formula is C38H46Cl2N2O8Si. The van der Waals surface area contributed by atoms with E-state index in [9.17, 15) is 24.6 Å². The third kappa shape index (κ3) is 10.1. The number of benzene rings is 3. The van der Waals surface area contributed by atoms with Crippen molar-refractivity contribution in [2.75, 3.05) is 14.2 Å². The summed E-state index contributed by atoms with van der Waals surface area (Å²) in [6.07, 6.45) is 5.83. The minimum Gasteiger partial charge on any atom is -0.543 e. The first kappa shape index (κ1) is 41.1. The van der Waals surface area contributed by atoms with E-state index in [4.69, 9.17) is 37.1 Å². The monoisotopic (exact) mass is 756 g/mol. The van der Waals surface area contributed by atoms with Crippen molar-refractivity contribution in [1.82, 2.24) is 9.55 Å². The number of aromatic nitrogens is 2. The summed E-state index contributed by atoms with van der Waals surface area (Å²) < 4.78 is 18.0. The van der Waals surface area contributed by atoms with Crippen molar-refractivity contribution in [1.29, 1.82) is 0 Å². The Kier molecular flexibility index (Phi) is 14.3. The Morgan fingerprint density at radius 2 is 1.51 bits per heavy atom. The van der Waals surface area contributed by atoms with Crippen LogP contribution in [0.5, 0.6) is 17.2 Å². The fourth-order valence-corrected chi connectivity index (χ4v) is 6.58. The van der Waals surface area contributed by atoms with Gasteiger partial charge in [-0.2, -0.15) is 0 Å². The van der Waals surface area contributed by atoms with Gasteiger partial charge in [-0.1, -0.05) is 74.3 Å². The van der Waals surface area contributed by atoms with Gasteiger partial charge in [0, 0.05) is 42.9 Å². The fraction of sp³-hybridized carbons (Fsp3) is 0.368. The van der Waals surface area contributed by atoms with Crippen molar-refractivity contribution in [2.24, 2.45) is 0 Å². The molecule has 0 bridgehead atoms. The van der Waals surface area contributed by atoms with E-state index < -0.39 is 20.3 Å². The van der Waals surface area contributed by atoms with E-state index in [-0.39, 0.29) is 33.5 Å². The second-order valence-electron chi connectivity index (χ2n) is 13.4. The summed E-state index contributed by atoms with van der Waals surface area (Å²) in [6.45, 7) is 13.2. The number of methoxy groups -OCH3 is 2. The first-order valence-corrected chi connectivity index (χ1v) is 20.0. The van der Waals surface area contributed by atoms with E-state index in [0.29, 0.717) is 53.3 Å². The molecule has 274 valence electrons. The van der Waals surface area contributed by atoms with Crippen LogP contribution in [0, 0.1) is 6.92 Å². The maximum absolute atomic E-state index is 12.4. The topological polar surface area (TPSA) is 137 Å². The molecule has 51 heavy (non-hydrogen) atoms. The second-order valence-corrected chi connectivity index (χ2v) is 18.9. The zero-order chi connectivity index (χ0) is 38.1. The Bertz CT molecular complexity index is 1850. The summed E-state index contributed by atoms with van der Waals surface area (Å²) in [5.74, 6) is -0.566. The van der Waals surface area contributed by atoms with Crippen molar-refractivity contribution in [2.45, 2.75) is 78.1 Å². The minimum absolute atomic E-state index is 0.0170. The molecule has 2 N–H and O–H groups in total. The van der Waals surface area contributed by atoms with Gasteiger partial charge >= 0.3 is 11.9 Å². The van der Waals surface area contributed by atoms with Crippen LogP contribution in [-0.4, -0.2) is 60.5 Å². The molecule has 0 saturated carbocycles. The predicted molar refractivity (Wildman–Crippen MR) is 201 cm³/mol. The Morgan fingerprint density at radius 1 is 0.902 bits per heavy atom. The van der Waals surface area contributed by atoms with Crippen LogP contribution >= 0.6 is 23.2 Å². The fourth-order valence-electron chi connectivity index (χ4n) is 5.08. The molecule has 0 spiro atoms. The molecule has 0 aliphatic heterocycles. The number of phenols is 2. The van der Waals surface area contributed by atoms with Gasteiger partial charge in [0.2, 0.25) is 0 Å². The van der Waals surface area contributed by atoms with E-state index >= 15 is 0 Å². The summed E-state index contributed by atoms with van der Waals surface area (Å²) in [5, 5.41) is 20.5. The standard InChI is InChI=1S/C20H19ClN2O4.C18H27ClO4Si/c1-27-20(26)18-14(19(21)16(25)11-15(18)24)7-8-17-22-9-10-23(17)12-13-5-3-2-4-6-13;1-12-11-14(23-24(6,7)18(2,3)4)15(17(21)22-5)13(16(12)19)9-8-10-20/h2-6,9-11,24-25H,7-8,12H2,1H3;10-11H,8-9H2,1-7H3. The highest BCUT2D eigenvalue weighted by atomic mass is 35.5. The lowest BCUT2D eigenvalue weighted by molar-refractivity contribution is -0.107. The van der Waals surface area contributed by atoms with Crippen LogP contribution in [0.15, 0.2) is 54.9 Å². The van der Waals surface area contributed by atoms with Crippen LogP contribution in [0.4, 0.5) is 0 Å². The maximum atomic E-state index is 12.4. The zero-order valence-corrected chi connectivity index (χ0v) is 32.8. The highest BCUT2D eigenvalue weighted by Gasteiger charge is 2.40. The Hall–Kier alpha value is -4.32. The molecule has 10 nitrogen and oxygen atoms in total. The predicted octanol–water partition coefficient (Wildman–Crippen LogP) is 8.52. The van der Waals surface area contributed by atoms with Crippen LogP contribution in [0.25, 0.3) is 0 Å². The molecule has 13 heteroatoms. The van der Waals surface area contributed by atoms with Crippen LogP contribution in [0.3, 0.4) is 0 Å². The number of hydrogen-bond donors (Lipinski definition) is 2. The van der Waals surface area contributed by atoms with Gasteiger partial charge in [-0.25, -0.2) is 14.6 Å². The van der Waals surface area contributed by atoms with E-state index in [1.807, 2.05) is 48.0 Å². The molecule has 4 rings (SSSR count). The van der Waals surface area contributed by atoms with Crippen molar-refractivity contribution in [3.05, 3.63) is 104 Å². The number of ether oxygens (including phenoxy) is 2. The summed E-state index contributed by atoms with van der Waals surface area (Å²) in [4.78, 5) is 39.6. The smallest absolute Gasteiger partial charge is 0.341 e. The van der Waals surface area contributed by atoms with Crippen LogP contribution in [0.1, 0.15) is 76.0 Å². The quantitative estimate of drug-likeness (QED) is 0.0828. The first-order valence-electron chi connectivity index (χ1n) is 16.4. The highest BCUT2D eigenvalue weighted by Crippen LogP contribution is 2.41. The number of nitrogens with zero attached hydrogens (tertiary/aromatic N) is 2. The Labute approximate surface area is 310 Å². The number of rotatable bonds is 12. The summed E-state index contributed by atoms with van der Waals surface area (Å²) in [5.41, 5.74) is 3.19. The Morgan fingerprint density at radius 3 is 2.10 bits per heavy atom. The molecule has 0 atom stereocenters. The van der Waals surface area contributed by atoms with Crippen LogP contribution < -0.4 is 4.43 Å². The van der Waals surface area contributed by atoms with E-state index in [0.717, 1.165) is 29.3 Å². The average Bonchev–Trinajstić information content (AvgIpc) is 3.52. The van der Waals surface area contributed by atoms with E-state index in [1.54, 1.807) is 12.3 Å². The molecule has 0 saturated heterocycles. The summed E-state index contributed by atoms with van der Waals surface area (Å²) >= 11 is 12.6. The second kappa shape index (κ2) is 17.7. The SMILES string of the molecule is COC(=O)c1c(O)cc(O)c(Cl)c1CCc1nccn1Cc1ccccc1.COC(=O)c1c(O[Si](C)(C)C(C)(C)C)cc(C)c(Cl)c1CCC=O. The number of halogens is 2. The number of hydrogen-bond acceptors (Lipinski definition) is 9. The number of aldehydes is 1. The summed E-state index contributed by atoms with van der Waals surface area (Å²) in [7, 11) is 0.400. The number of imidazole rings is 1. The molecule has 0 amide bonds. The number of phenolic OH excluding ortho intramolecular Hbond substituents is 2. The molecule has 1 heterocycles. The van der Waals surface area contributed by atoms with Crippen LogP contribution in [0.2, 0.25) is 28.2 Å². The molecule has 4 aromatic rings. The van der Waals surface area contributed by atoms with Gasteiger partial charge in [-0.05, 0) is 66.2 Å². The largest absolute Gasteiger partial charge is 0.543 e. The molecule has 0 radical (unpaired) electrons. The molecule has 3 aromatic carbocycles. The van der Waals surface area contributed by atoms with E-state index in [1.165, 1.54) is 14.2 Å². The molecule has 0 fully saturated rings. The highest BCUT2D eigenvalue weighted by molar-refractivity contribution is 6.74. The normalized spacial score (nSPS) is 11.3. The molecular weight excluding hydrogens is 711 g/mol. The third-order valence-electron chi connectivity index (χ3n) is 8.89. The summed E-state index contributed by atoms with van der Waals surface area (Å²) in [6, 6.07) is 12.8. The van der Waals surface area contributed by atoms with Gasteiger partial charge in [0.05, 0.1) is 19.2 Å². The van der Waals surface area contributed by atoms with Gasteiger partial charge in [0.25, 0.3) is 8.32 Å². The number of carbonyl (C=O) groups excluding carboxylic acids is 3. The molecule has 0 unspecified atom stereocenters. The average molecular weight is 758 g/mol. The van der Waals surface area contributed by atoms with E-state index in [2.05, 4.69) is 38.8 Å².